The Morgan fingerprint density at radius 1 is 1.31 bits per heavy atom. The van der Waals surface area contributed by atoms with E-state index in [2.05, 4.69) is 46.0 Å². The normalized spacial score (nSPS) is 26.4. The van der Waals surface area contributed by atoms with E-state index < -0.39 is 8.32 Å². The van der Waals surface area contributed by atoms with Crippen LogP contribution in [0.15, 0.2) is 12.2 Å². The van der Waals surface area contributed by atoms with Crippen molar-refractivity contribution in [3.05, 3.63) is 12.2 Å². The molecule has 0 saturated carbocycles. The molecule has 0 spiro atoms. The first-order chi connectivity index (χ1) is 7.28. The van der Waals surface area contributed by atoms with Gasteiger partial charge in [0.15, 0.2) is 8.32 Å². The van der Waals surface area contributed by atoms with Crippen LogP contribution in [0.2, 0.25) is 18.1 Å². The quantitative estimate of drug-likeness (QED) is 0.554. The molecule has 1 aliphatic carbocycles. The van der Waals surface area contributed by atoms with Crippen molar-refractivity contribution in [3.63, 3.8) is 0 Å². The van der Waals surface area contributed by atoms with E-state index >= 15 is 0 Å². The molecule has 0 bridgehead atoms. The molecule has 0 saturated heterocycles. The zero-order chi connectivity index (χ0) is 12.4. The number of allylic oxidation sites excluding steroid dienone is 1. The third-order valence-corrected chi connectivity index (χ3v) is 8.47. The molecule has 0 radical (unpaired) electrons. The SMILES string of the molecule is COC1C=CC[C@H]1CO[Si](C)(C)C(C)(C)C. The van der Waals surface area contributed by atoms with Gasteiger partial charge in [0.2, 0.25) is 0 Å². The summed E-state index contributed by atoms with van der Waals surface area (Å²) in [7, 11) is 0.179. The molecule has 0 aromatic rings. The first kappa shape index (κ1) is 13.9. The van der Waals surface area contributed by atoms with E-state index in [1.165, 1.54) is 0 Å². The largest absolute Gasteiger partial charge is 0.416 e. The summed E-state index contributed by atoms with van der Waals surface area (Å²) in [5.74, 6) is 0.513. The van der Waals surface area contributed by atoms with Crippen molar-refractivity contribution in [2.45, 2.75) is 51.4 Å². The minimum atomic E-state index is -1.60. The molecule has 0 aliphatic heterocycles. The van der Waals surface area contributed by atoms with Crippen molar-refractivity contribution in [3.8, 4) is 0 Å². The van der Waals surface area contributed by atoms with Gasteiger partial charge in [-0.2, -0.15) is 0 Å². The summed E-state index contributed by atoms with van der Waals surface area (Å²) in [6, 6.07) is 0. The average molecular weight is 242 g/mol. The van der Waals surface area contributed by atoms with Crippen LogP contribution in [0.25, 0.3) is 0 Å². The first-order valence-electron chi connectivity index (χ1n) is 6.11. The Bertz CT molecular complexity index is 253. The highest BCUT2D eigenvalue weighted by molar-refractivity contribution is 6.74. The summed E-state index contributed by atoms with van der Waals surface area (Å²) in [4.78, 5) is 0. The number of rotatable bonds is 4. The van der Waals surface area contributed by atoms with Gasteiger partial charge in [0.05, 0.1) is 6.10 Å². The Morgan fingerprint density at radius 3 is 2.44 bits per heavy atom. The molecular weight excluding hydrogens is 216 g/mol. The van der Waals surface area contributed by atoms with E-state index in [1.54, 1.807) is 7.11 Å². The van der Waals surface area contributed by atoms with Crippen molar-refractivity contribution < 1.29 is 9.16 Å². The molecule has 1 rings (SSSR count). The van der Waals surface area contributed by atoms with Crippen molar-refractivity contribution in [2.75, 3.05) is 13.7 Å². The molecular formula is C13H26O2Si. The fourth-order valence-corrected chi connectivity index (χ4v) is 2.71. The molecule has 2 atom stereocenters. The van der Waals surface area contributed by atoms with Crippen LogP contribution in [0.5, 0.6) is 0 Å². The summed E-state index contributed by atoms with van der Waals surface area (Å²) >= 11 is 0. The maximum atomic E-state index is 6.23. The Hall–Kier alpha value is -0.123. The lowest BCUT2D eigenvalue weighted by Crippen LogP contribution is -2.42. The Balaban J connectivity index is 2.46. The number of hydrogen-bond acceptors (Lipinski definition) is 2. The van der Waals surface area contributed by atoms with E-state index in [-0.39, 0.29) is 6.10 Å². The molecule has 2 nitrogen and oxygen atoms in total. The van der Waals surface area contributed by atoms with Gasteiger partial charge in [-0.15, -0.1) is 0 Å². The average Bonchev–Trinajstić information content (AvgIpc) is 2.60. The third-order valence-electron chi connectivity index (χ3n) is 3.97. The van der Waals surface area contributed by atoms with Crippen molar-refractivity contribution in [1.29, 1.82) is 0 Å². The second kappa shape index (κ2) is 5.03. The summed E-state index contributed by atoms with van der Waals surface area (Å²) < 4.78 is 11.7. The molecule has 0 aromatic carbocycles. The van der Waals surface area contributed by atoms with E-state index in [1.807, 2.05) is 0 Å². The maximum absolute atomic E-state index is 6.23. The summed E-state index contributed by atoms with van der Waals surface area (Å²) in [6.07, 6.45) is 5.70. The van der Waals surface area contributed by atoms with Crippen LogP contribution in [0.1, 0.15) is 27.2 Å². The molecule has 0 aromatic heterocycles. The summed E-state index contributed by atoms with van der Waals surface area (Å²) in [6.45, 7) is 12.3. The fourth-order valence-electron chi connectivity index (χ4n) is 1.64. The van der Waals surface area contributed by atoms with Crippen LogP contribution in [-0.4, -0.2) is 28.1 Å². The predicted octanol–water partition coefficient (Wildman–Crippen LogP) is 3.60. The van der Waals surface area contributed by atoms with Gasteiger partial charge >= 0.3 is 0 Å². The minimum absolute atomic E-state index is 0.254. The molecule has 94 valence electrons. The number of ether oxygens (including phenoxy) is 1. The minimum Gasteiger partial charge on any atom is -0.416 e. The second-order valence-corrected chi connectivity index (χ2v) is 11.0. The molecule has 0 amide bonds. The lowest BCUT2D eigenvalue weighted by molar-refractivity contribution is 0.0706. The van der Waals surface area contributed by atoms with Crippen LogP contribution in [-0.2, 0) is 9.16 Å². The predicted molar refractivity (Wildman–Crippen MR) is 71.2 cm³/mol. The standard InChI is InChI=1S/C13H26O2Si/c1-13(2,3)16(5,6)15-10-11-8-7-9-12(11)14-4/h7,9,11-12H,8,10H2,1-6H3/t11-,12?/m0/s1. The van der Waals surface area contributed by atoms with Gasteiger partial charge in [0.25, 0.3) is 0 Å². The lowest BCUT2D eigenvalue weighted by Gasteiger charge is -2.37. The molecule has 0 fully saturated rings. The lowest BCUT2D eigenvalue weighted by atomic mass is 10.1. The van der Waals surface area contributed by atoms with Crippen LogP contribution >= 0.6 is 0 Å². The monoisotopic (exact) mass is 242 g/mol. The van der Waals surface area contributed by atoms with Crippen LogP contribution in [0, 0.1) is 5.92 Å². The topological polar surface area (TPSA) is 18.5 Å². The molecule has 0 N–H and O–H groups in total. The molecule has 16 heavy (non-hydrogen) atoms. The van der Waals surface area contributed by atoms with Gasteiger partial charge in [-0.1, -0.05) is 32.9 Å². The van der Waals surface area contributed by atoms with Gasteiger partial charge < -0.3 is 9.16 Å². The molecule has 1 unspecified atom stereocenters. The number of hydrogen-bond donors (Lipinski definition) is 0. The highest BCUT2D eigenvalue weighted by Gasteiger charge is 2.38. The van der Waals surface area contributed by atoms with Crippen LogP contribution in [0.4, 0.5) is 0 Å². The van der Waals surface area contributed by atoms with Gasteiger partial charge in [0, 0.05) is 19.6 Å². The van der Waals surface area contributed by atoms with Gasteiger partial charge in [-0.3, -0.25) is 0 Å². The van der Waals surface area contributed by atoms with E-state index in [4.69, 9.17) is 9.16 Å². The summed E-state index contributed by atoms with van der Waals surface area (Å²) in [5, 5.41) is 0.293. The van der Waals surface area contributed by atoms with Gasteiger partial charge in [0.1, 0.15) is 0 Å². The highest BCUT2D eigenvalue weighted by Crippen LogP contribution is 2.37. The maximum Gasteiger partial charge on any atom is 0.191 e. The van der Waals surface area contributed by atoms with Crippen LogP contribution < -0.4 is 0 Å². The summed E-state index contributed by atoms with van der Waals surface area (Å²) in [5.41, 5.74) is 0. The van der Waals surface area contributed by atoms with Crippen molar-refractivity contribution in [2.24, 2.45) is 5.92 Å². The number of methoxy groups -OCH3 is 1. The fraction of sp³-hybridized carbons (Fsp3) is 0.846. The van der Waals surface area contributed by atoms with Crippen molar-refractivity contribution >= 4 is 8.32 Å². The molecule has 1 aliphatic rings. The Kier molecular flexibility index (Phi) is 4.38. The highest BCUT2D eigenvalue weighted by atomic mass is 28.4. The first-order valence-corrected chi connectivity index (χ1v) is 9.02. The molecule has 0 heterocycles. The second-order valence-electron chi connectivity index (χ2n) is 6.20. The van der Waals surface area contributed by atoms with E-state index in [0.29, 0.717) is 11.0 Å². The Morgan fingerprint density at radius 2 is 1.94 bits per heavy atom. The van der Waals surface area contributed by atoms with E-state index in [0.717, 1.165) is 13.0 Å². The zero-order valence-corrected chi connectivity index (χ0v) is 12.5. The smallest absolute Gasteiger partial charge is 0.191 e. The molecule has 3 heteroatoms. The van der Waals surface area contributed by atoms with Gasteiger partial charge in [-0.05, 0) is 24.6 Å². The van der Waals surface area contributed by atoms with Crippen molar-refractivity contribution in [1.82, 2.24) is 0 Å². The zero-order valence-electron chi connectivity index (χ0n) is 11.5. The van der Waals surface area contributed by atoms with E-state index in [9.17, 15) is 0 Å². The van der Waals surface area contributed by atoms with Gasteiger partial charge in [-0.25, -0.2) is 0 Å². The third kappa shape index (κ3) is 3.19. The van der Waals surface area contributed by atoms with Crippen LogP contribution in [0.3, 0.4) is 0 Å². The Labute approximate surface area is 101 Å².